The molecule has 3 aliphatic heterocycles. The van der Waals surface area contributed by atoms with Gasteiger partial charge >= 0.3 is 0 Å². The van der Waals surface area contributed by atoms with Crippen molar-refractivity contribution in [2.45, 2.75) is 19.0 Å². The maximum atomic E-state index is 12.9. The van der Waals surface area contributed by atoms with Gasteiger partial charge in [0.25, 0.3) is 0 Å². The molecule has 3 aliphatic rings. The topological polar surface area (TPSA) is 76.2 Å². The van der Waals surface area contributed by atoms with Crippen molar-refractivity contribution in [3.8, 4) is 11.5 Å². The smallest absolute Gasteiger partial charge is 0.231 e. The van der Waals surface area contributed by atoms with Crippen molar-refractivity contribution in [1.82, 2.24) is 4.90 Å². The van der Waals surface area contributed by atoms with Crippen LogP contribution in [0.4, 0.5) is 5.69 Å². The third-order valence-corrected chi connectivity index (χ3v) is 7.83. The Morgan fingerprint density at radius 3 is 2.58 bits per heavy atom. The summed E-state index contributed by atoms with van der Waals surface area (Å²) in [4.78, 5) is 17.0. The standard InChI is InChI=1S/C23H24N2O5S/c1-24(2)16-5-3-15(4-6-16)11-21-22(26)18-7-8-20-19(23(18)30-21)12-25(14-29-20)17-9-10-31(27,28)13-17/h3-8,11,17H,9-10,12-14H2,1-2H3/b21-11+. The molecule has 0 radical (unpaired) electrons. The minimum atomic E-state index is -2.99. The summed E-state index contributed by atoms with van der Waals surface area (Å²) in [5.74, 6) is 1.68. The summed E-state index contributed by atoms with van der Waals surface area (Å²) in [6.45, 7) is 0.831. The van der Waals surface area contributed by atoms with E-state index in [4.69, 9.17) is 9.47 Å². The van der Waals surface area contributed by atoms with Gasteiger partial charge in [0.2, 0.25) is 5.78 Å². The number of hydrogen-bond acceptors (Lipinski definition) is 7. The number of rotatable bonds is 3. The quantitative estimate of drug-likeness (QED) is 0.679. The number of hydrogen-bond donors (Lipinski definition) is 0. The van der Waals surface area contributed by atoms with Crippen LogP contribution in [-0.2, 0) is 16.4 Å². The molecule has 7 nitrogen and oxygen atoms in total. The van der Waals surface area contributed by atoms with Gasteiger partial charge in [0.1, 0.15) is 18.2 Å². The van der Waals surface area contributed by atoms with E-state index in [1.807, 2.05) is 48.2 Å². The number of ether oxygens (including phenoxy) is 2. The maximum Gasteiger partial charge on any atom is 0.231 e. The Hall–Kier alpha value is -2.84. The second-order valence-corrected chi connectivity index (χ2v) is 10.7. The van der Waals surface area contributed by atoms with E-state index in [-0.39, 0.29) is 29.1 Å². The number of allylic oxidation sites excluding steroid dienone is 1. The van der Waals surface area contributed by atoms with E-state index in [9.17, 15) is 13.2 Å². The van der Waals surface area contributed by atoms with Crippen LogP contribution < -0.4 is 14.4 Å². The van der Waals surface area contributed by atoms with Gasteiger partial charge in [0, 0.05) is 32.4 Å². The monoisotopic (exact) mass is 440 g/mol. The normalized spacial score (nSPS) is 23.2. The number of sulfone groups is 1. The van der Waals surface area contributed by atoms with Gasteiger partial charge in [-0.3, -0.25) is 9.69 Å². The lowest BCUT2D eigenvalue weighted by Crippen LogP contribution is -2.41. The molecule has 1 fully saturated rings. The summed E-state index contributed by atoms with van der Waals surface area (Å²) in [6.07, 6.45) is 2.35. The minimum absolute atomic E-state index is 0.0728. The number of fused-ring (bicyclic) bond motifs is 3. The lowest BCUT2D eigenvalue weighted by molar-refractivity contribution is 0.0634. The van der Waals surface area contributed by atoms with Crippen molar-refractivity contribution < 1.29 is 22.7 Å². The lowest BCUT2D eigenvalue weighted by Gasteiger charge is -2.33. The molecular formula is C23H24N2O5S. The first-order valence-corrected chi connectivity index (χ1v) is 12.1. The highest BCUT2D eigenvalue weighted by Crippen LogP contribution is 2.42. The van der Waals surface area contributed by atoms with Crippen LogP contribution in [0.5, 0.6) is 11.5 Å². The SMILES string of the molecule is CN(C)c1ccc(/C=C2/Oc3c(ccc4c3CN(C3CCS(=O)(=O)C3)CO4)C2=O)cc1. The van der Waals surface area contributed by atoms with Gasteiger partial charge in [-0.1, -0.05) is 12.1 Å². The van der Waals surface area contributed by atoms with E-state index in [2.05, 4.69) is 0 Å². The van der Waals surface area contributed by atoms with Crippen molar-refractivity contribution in [2.24, 2.45) is 0 Å². The van der Waals surface area contributed by atoms with E-state index in [1.54, 1.807) is 18.2 Å². The van der Waals surface area contributed by atoms with Gasteiger partial charge in [-0.15, -0.1) is 0 Å². The summed E-state index contributed by atoms with van der Waals surface area (Å²) in [5, 5.41) is 0. The van der Waals surface area contributed by atoms with E-state index in [0.29, 0.717) is 36.8 Å². The van der Waals surface area contributed by atoms with E-state index >= 15 is 0 Å². The molecule has 5 rings (SSSR count). The summed E-state index contributed by atoms with van der Waals surface area (Å²) in [5.41, 5.74) is 3.26. The predicted molar refractivity (Wildman–Crippen MR) is 118 cm³/mol. The molecule has 0 spiro atoms. The van der Waals surface area contributed by atoms with Gasteiger partial charge in [-0.2, -0.15) is 0 Å². The molecule has 0 bridgehead atoms. The average molecular weight is 441 g/mol. The fourth-order valence-electron chi connectivity index (χ4n) is 4.29. The van der Waals surface area contributed by atoms with E-state index in [0.717, 1.165) is 16.8 Å². The van der Waals surface area contributed by atoms with Gasteiger partial charge < -0.3 is 14.4 Å². The summed E-state index contributed by atoms with van der Waals surface area (Å²) < 4.78 is 35.7. The Kier molecular flexibility index (Phi) is 4.79. The Bertz CT molecular complexity index is 1190. The number of ketones is 1. The first kappa shape index (κ1) is 20.1. The summed E-state index contributed by atoms with van der Waals surface area (Å²) >= 11 is 0. The van der Waals surface area contributed by atoms with Crippen LogP contribution >= 0.6 is 0 Å². The number of Topliss-reactive ketones (excluding diaryl/α,β-unsaturated/α-hetero) is 1. The van der Waals surface area contributed by atoms with Crippen LogP contribution in [0.3, 0.4) is 0 Å². The second kappa shape index (κ2) is 7.39. The number of benzene rings is 2. The van der Waals surface area contributed by atoms with Crippen molar-refractivity contribution in [3.05, 3.63) is 58.8 Å². The molecule has 3 heterocycles. The Morgan fingerprint density at radius 1 is 1.13 bits per heavy atom. The van der Waals surface area contributed by atoms with Gasteiger partial charge in [-0.25, -0.2) is 8.42 Å². The van der Waals surface area contributed by atoms with Crippen molar-refractivity contribution in [2.75, 3.05) is 37.2 Å². The zero-order valence-corrected chi connectivity index (χ0v) is 18.3. The first-order valence-electron chi connectivity index (χ1n) is 10.3. The molecule has 2 aromatic carbocycles. The largest absolute Gasteiger partial charge is 0.478 e. The molecule has 1 unspecified atom stereocenters. The molecule has 0 aliphatic carbocycles. The van der Waals surface area contributed by atoms with E-state index < -0.39 is 9.84 Å². The maximum absolute atomic E-state index is 12.9. The van der Waals surface area contributed by atoms with Crippen molar-refractivity contribution in [3.63, 3.8) is 0 Å². The molecule has 0 aromatic heterocycles. The van der Waals surface area contributed by atoms with Crippen LogP contribution in [0.25, 0.3) is 6.08 Å². The molecular weight excluding hydrogens is 416 g/mol. The van der Waals surface area contributed by atoms with Crippen LogP contribution in [-0.4, -0.2) is 57.5 Å². The molecule has 0 amide bonds. The fourth-order valence-corrected chi connectivity index (χ4v) is 6.05. The van der Waals surface area contributed by atoms with Crippen molar-refractivity contribution in [1.29, 1.82) is 0 Å². The predicted octanol–water partition coefficient (Wildman–Crippen LogP) is 2.71. The van der Waals surface area contributed by atoms with Gasteiger partial charge in [0.05, 0.1) is 22.6 Å². The molecule has 2 aromatic rings. The first-order chi connectivity index (χ1) is 14.8. The number of carbonyl (C=O) groups excluding carboxylic acids is 1. The summed E-state index contributed by atoms with van der Waals surface area (Å²) in [7, 11) is 0.962. The van der Waals surface area contributed by atoms with Crippen LogP contribution in [0.1, 0.15) is 27.9 Å². The average Bonchev–Trinajstić information content (AvgIpc) is 3.27. The molecule has 8 heteroatoms. The molecule has 162 valence electrons. The Balaban J connectivity index is 1.42. The molecule has 31 heavy (non-hydrogen) atoms. The van der Waals surface area contributed by atoms with Crippen LogP contribution in [0, 0.1) is 0 Å². The lowest BCUT2D eigenvalue weighted by atomic mass is 10.0. The van der Waals surface area contributed by atoms with E-state index in [1.165, 1.54) is 0 Å². The molecule has 1 saturated heterocycles. The van der Waals surface area contributed by atoms with Crippen LogP contribution in [0.15, 0.2) is 42.2 Å². The number of carbonyl (C=O) groups is 1. The van der Waals surface area contributed by atoms with Gasteiger partial charge in [0.15, 0.2) is 15.6 Å². The van der Waals surface area contributed by atoms with Crippen LogP contribution in [0.2, 0.25) is 0 Å². The highest BCUT2D eigenvalue weighted by Gasteiger charge is 2.38. The highest BCUT2D eigenvalue weighted by atomic mass is 32.2. The number of nitrogens with zero attached hydrogens (tertiary/aromatic N) is 2. The molecule has 0 saturated carbocycles. The third kappa shape index (κ3) is 3.70. The van der Waals surface area contributed by atoms with Gasteiger partial charge in [-0.05, 0) is 42.3 Å². The second-order valence-electron chi connectivity index (χ2n) is 8.42. The molecule has 1 atom stereocenters. The van der Waals surface area contributed by atoms with Crippen molar-refractivity contribution >= 4 is 27.4 Å². The highest BCUT2D eigenvalue weighted by molar-refractivity contribution is 7.91. The third-order valence-electron chi connectivity index (χ3n) is 6.08. The zero-order chi connectivity index (χ0) is 21.8. The minimum Gasteiger partial charge on any atom is -0.478 e. The Morgan fingerprint density at radius 2 is 1.90 bits per heavy atom. The summed E-state index contributed by atoms with van der Waals surface area (Å²) in [6, 6.07) is 11.3. The number of anilines is 1. The zero-order valence-electron chi connectivity index (χ0n) is 17.5. The fraction of sp³-hybridized carbons (Fsp3) is 0.348. The Labute approximate surface area is 181 Å². The molecule has 0 N–H and O–H groups in total.